The van der Waals surface area contributed by atoms with Crippen LogP contribution in [0.25, 0.3) is 17.2 Å². The van der Waals surface area contributed by atoms with Gasteiger partial charge in [0.2, 0.25) is 5.13 Å². The number of hydrogen-bond acceptors (Lipinski definition) is 7. The molecule has 2 heterocycles. The third kappa shape index (κ3) is 4.06. The monoisotopic (exact) mass is 422 g/mol. The van der Waals surface area contributed by atoms with E-state index in [0.717, 1.165) is 33.4 Å². The zero-order valence-corrected chi connectivity index (χ0v) is 17.7. The minimum absolute atomic E-state index is 0.217. The summed E-state index contributed by atoms with van der Waals surface area (Å²) in [6.07, 6.45) is 2.03. The smallest absolute Gasteiger partial charge is 0.257 e. The van der Waals surface area contributed by atoms with Crippen LogP contribution in [-0.4, -0.2) is 36.5 Å². The minimum Gasteiger partial charge on any atom is -0.297 e. The first-order valence-electron chi connectivity index (χ1n) is 8.84. The Labute approximate surface area is 176 Å². The second kappa shape index (κ2) is 8.14. The summed E-state index contributed by atoms with van der Waals surface area (Å²) in [6, 6.07) is 15.5. The maximum Gasteiger partial charge on any atom is 0.257 e. The first kappa shape index (κ1) is 19.3. The quantitative estimate of drug-likeness (QED) is 0.481. The average molecular weight is 423 g/mol. The molecule has 4 aromatic rings. The van der Waals surface area contributed by atoms with E-state index in [1.54, 1.807) is 22.5 Å². The van der Waals surface area contributed by atoms with Gasteiger partial charge in [0.15, 0.2) is 11.5 Å². The van der Waals surface area contributed by atoms with E-state index >= 15 is 0 Å². The standard InChI is InChI=1S/C20H18N6OS2/c1-12-6-4-7-14(10-12)19(27)22-20-21-18(24-29-20)17-13(2)26(25-23-17)15-8-5-9-16(11-15)28-3/h4-11H,1-3H3,(H,21,22,24,27). The van der Waals surface area contributed by atoms with Gasteiger partial charge in [0.05, 0.1) is 11.4 Å². The van der Waals surface area contributed by atoms with E-state index in [1.807, 2.05) is 56.5 Å². The molecule has 9 heteroatoms. The molecule has 0 bridgehead atoms. The van der Waals surface area contributed by atoms with Gasteiger partial charge in [-0.1, -0.05) is 29.0 Å². The van der Waals surface area contributed by atoms with Gasteiger partial charge in [0.1, 0.15) is 0 Å². The molecule has 7 nitrogen and oxygen atoms in total. The van der Waals surface area contributed by atoms with Crippen molar-refractivity contribution in [3.63, 3.8) is 0 Å². The van der Waals surface area contributed by atoms with Gasteiger partial charge in [-0.05, 0) is 50.4 Å². The van der Waals surface area contributed by atoms with Crippen molar-refractivity contribution < 1.29 is 4.79 Å². The van der Waals surface area contributed by atoms with Crippen molar-refractivity contribution >= 4 is 34.3 Å². The number of nitrogens with one attached hydrogen (secondary N) is 1. The second-order valence-corrected chi connectivity index (χ2v) is 8.01. The zero-order chi connectivity index (χ0) is 20.4. The number of anilines is 1. The highest BCUT2D eigenvalue weighted by Crippen LogP contribution is 2.25. The number of rotatable bonds is 5. The van der Waals surface area contributed by atoms with Crippen LogP contribution in [0.15, 0.2) is 53.4 Å². The van der Waals surface area contributed by atoms with Crippen LogP contribution in [0.2, 0.25) is 0 Å². The number of aromatic nitrogens is 5. The molecule has 0 saturated heterocycles. The molecule has 0 saturated carbocycles. The molecule has 0 aliphatic carbocycles. The number of carbonyl (C=O) groups is 1. The van der Waals surface area contributed by atoms with Crippen LogP contribution in [0, 0.1) is 13.8 Å². The fraction of sp³-hybridized carbons (Fsp3) is 0.150. The molecular weight excluding hydrogens is 404 g/mol. The van der Waals surface area contributed by atoms with Crippen LogP contribution in [0.3, 0.4) is 0 Å². The summed E-state index contributed by atoms with van der Waals surface area (Å²) in [5, 5.41) is 11.7. The fourth-order valence-corrected chi connectivity index (χ4v) is 3.87. The van der Waals surface area contributed by atoms with Crippen LogP contribution < -0.4 is 5.32 Å². The Morgan fingerprint density at radius 2 is 1.97 bits per heavy atom. The number of amides is 1. The summed E-state index contributed by atoms with van der Waals surface area (Å²) in [7, 11) is 0. The number of carbonyl (C=O) groups excluding carboxylic acids is 1. The highest BCUT2D eigenvalue weighted by molar-refractivity contribution is 7.98. The van der Waals surface area contributed by atoms with Crippen LogP contribution in [0.4, 0.5) is 5.13 Å². The Morgan fingerprint density at radius 1 is 1.14 bits per heavy atom. The molecule has 29 heavy (non-hydrogen) atoms. The Balaban J connectivity index is 1.57. The van der Waals surface area contributed by atoms with Crippen LogP contribution in [-0.2, 0) is 0 Å². The summed E-state index contributed by atoms with van der Waals surface area (Å²) < 4.78 is 6.11. The van der Waals surface area contributed by atoms with E-state index in [2.05, 4.69) is 31.1 Å². The lowest BCUT2D eigenvalue weighted by atomic mass is 10.1. The predicted octanol–water partition coefficient (Wildman–Crippen LogP) is 4.38. The van der Waals surface area contributed by atoms with Gasteiger partial charge in [0, 0.05) is 22.0 Å². The van der Waals surface area contributed by atoms with E-state index < -0.39 is 0 Å². The molecule has 0 atom stereocenters. The van der Waals surface area contributed by atoms with Gasteiger partial charge in [0.25, 0.3) is 5.91 Å². The van der Waals surface area contributed by atoms with E-state index in [9.17, 15) is 4.79 Å². The Kier molecular flexibility index (Phi) is 5.41. The molecule has 4 rings (SSSR count). The molecule has 146 valence electrons. The lowest BCUT2D eigenvalue weighted by Crippen LogP contribution is -2.11. The lowest BCUT2D eigenvalue weighted by molar-refractivity contribution is 0.102. The minimum atomic E-state index is -0.217. The Morgan fingerprint density at radius 3 is 2.76 bits per heavy atom. The third-order valence-corrected chi connectivity index (χ3v) is 5.69. The van der Waals surface area contributed by atoms with Crippen molar-refractivity contribution in [3.05, 3.63) is 65.4 Å². The highest BCUT2D eigenvalue weighted by atomic mass is 32.2. The van der Waals surface area contributed by atoms with Crippen molar-refractivity contribution in [2.24, 2.45) is 0 Å². The molecule has 0 spiro atoms. The molecule has 0 aliphatic heterocycles. The molecule has 0 fully saturated rings. The summed E-state index contributed by atoms with van der Waals surface area (Å²) in [5.41, 5.74) is 3.95. The largest absolute Gasteiger partial charge is 0.297 e. The maximum absolute atomic E-state index is 12.4. The molecule has 0 aliphatic rings. The van der Waals surface area contributed by atoms with Gasteiger partial charge in [-0.3, -0.25) is 10.1 Å². The van der Waals surface area contributed by atoms with Crippen molar-refractivity contribution in [3.8, 4) is 17.2 Å². The van der Waals surface area contributed by atoms with Crippen molar-refractivity contribution in [1.29, 1.82) is 0 Å². The number of aryl methyl sites for hydroxylation is 1. The molecule has 1 amide bonds. The molecular formula is C20H18N6OS2. The molecule has 0 unspecified atom stereocenters. The van der Waals surface area contributed by atoms with Gasteiger partial charge in [-0.2, -0.15) is 9.36 Å². The topological polar surface area (TPSA) is 85.6 Å². The van der Waals surface area contributed by atoms with Gasteiger partial charge in [-0.25, -0.2) is 4.68 Å². The predicted molar refractivity (Wildman–Crippen MR) is 116 cm³/mol. The average Bonchev–Trinajstić information content (AvgIpc) is 3.34. The molecule has 2 aromatic carbocycles. The number of benzene rings is 2. The van der Waals surface area contributed by atoms with E-state index in [-0.39, 0.29) is 5.91 Å². The number of thioether (sulfide) groups is 1. The summed E-state index contributed by atoms with van der Waals surface area (Å²) in [6.45, 7) is 3.87. The lowest BCUT2D eigenvalue weighted by Gasteiger charge is -2.04. The van der Waals surface area contributed by atoms with Crippen molar-refractivity contribution in [1.82, 2.24) is 24.4 Å². The summed E-state index contributed by atoms with van der Waals surface area (Å²) >= 11 is 2.79. The maximum atomic E-state index is 12.4. The second-order valence-electron chi connectivity index (χ2n) is 6.38. The Hall–Kier alpha value is -3.04. The van der Waals surface area contributed by atoms with Crippen LogP contribution in [0.1, 0.15) is 21.6 Å². The first-order chi connectivity index (χ1) is 14.0. The molecule has 0 radical (unpaired) electrons. The summed E-state index contributed by atoms with van der Waals surface area (Å²) in [5.74, 6) is 0.227. The normalized spacial score (nSPS) is 10.9. The van der Waals surface area contributed by atoms with Gasteiger partial charge in [-0.15, -0.1) is 16.9 Å². The third-order valence-electron chi connectivity index (χ3n) is 4.33. The van der Waals surface area contributed by atoms with Crippen molar-refractivity contribution in [2.75, 3.05) is 11.6 Å². The van der Waals surface area contributed by atoms with Crippen LogP contribution in [0.5, 0.6) is 0 Å². The fourth-order valence-electron chi connectivity index (χ4n) is 2.85. The van der Waals surface area contributed by atoms with Crippen LogP contribution >= 0.6 is 23.3 Å². The van der Waals surface area contributed by atoms with E-state index in [4.69, 9.17) is 0 Å². The molecule has 2 aromatic heterocycles. The van der Waals surface area contributed by atoms with Gasteiger partial charge < -0.3 is 0 Å². The summed E-state index contributed by atoms with van der Waals surface area (Å²) in [4.78, 5) is 18.0. The SMILES string of the molecule is CSc1cccc(-n2nnc(-c3nsc(NC(=O)c4cccc(C)c4)n3)c2C)c1. The van der Waals surface area contributed by atoms with E-state index in [1.165, 1.54) is 0 Å². The number of nitrogens with zero attached hydrogens (tertiary/aromatic N) is 5. The molecule has 1 N–H and O–H groups in total. The highest BCUT2D eigenvalue weighted by Gasteiger charge is 2.18. The van der Waals surface area contributed by atoms with Crippen molar-refractivity contribution in [2.45, 2.75) is 18.7 Å². The van der Waals surface area contributed by atoms with Gasteiger partial charge >= 0.3 is 0 Å². The zero-order valence-electron chi connectivity index (χ0n) is 16.1. The number of hydrogen-bond donors (Lipinski definition) is 1. The first-order valence-corrected chi connectivity index (χ1v) is 10.8. The Bertz CT molecular complexity index is 1180. The van der Waals surface area contributed by atoms with E-state index in [0.29, 0.717) is 22.2 Å².